The summed E-state index contributed by atoms with van der Waals surface area (Å²) in [6.07, 6.45) is 11.1. The second-order valence-corrected chi connectivity index (χ2v) is 9.98. The molecule has 0 unspecified atom stereocenters. The zero-order chi connectivity index (χ0) is 26.5. The molecule has 7 heteroatoms. The summed E-state index contributed by atoms with van der Waals surface area (Å²) in [6, 6.07) is 12.6. The first-order valence-electron chi connectivity index (χ1n) is 13.4. The van der Waals surface area contributed by atoms with Crippen LogP contribution in [-0.2, 0) is 19.4 Å². The number of ether oxygens (including phenoxy) is 1. The molecule has 1 aliphatic rings. The van der Waals surface area contributed by atoms with Gasteiger partial charge in [0.1, 0.15) is 5.82 Å². The minimum atomic E-state index is -0.673. The number of anilines is 1. The minimum absolute atomic E-state index is 0.243. The molecule has 0 spiro atoms. The van der Waals surface area contributed by atoms with Gasteiger partial charge in [0.25, 0.3) is 0 Å². The van der Waals surface area contributed by atoms with Crippen LogP contribution in [0.15, 0.2) is 67.4 Å². The molecule has 0 N–H and O–H groups in total. The average Bonchev–Trinajstić information content (AvgIpc) is 3.46. The molecule has 0 amide bonds. The molecule has 0 radical (unpaired) electrons. The van der Waals surface area contributed by atoms with Crippen LogP contribution in [0.2, 0.25) is 0 Å². The smallest absolute Gasteiger partial charge is 0.190 e. The normalized spacial score (nSPS) is 14.2. The van der Waals surface area contributed by atoms with E-state index in [0.717, 1.165) is 55.7 Å². The number of benzene rings is 2. The van der Waals surface area contributed by atoms with Gasteiger partial charge < -0.3 is 14.2 Å². The fraction of sp³-hybridized carbons (Fsp3) is 0.355. The number of imidazole rings is 1. The van der Waals surface area contributed by atoms with Gasteiger partial charge in [-0.2, -0.15) is 0 Å². The molecule has 3 heterocycles. The van der Waals surface area contributed by atoms with Crippen LogP contribution < -0.4 is 9.64 Å². The van der Waals surface area contributed by atoms with E-state index in [1.807, 2.05) is 41.2 Å². The van der Waals surface area contributed by atoms with Crippen molar-refractivity contribution in [3.05, 3.63) is 95.7 Å². The van der Waals surface area contributed by atoms with Gasteiger partial charge >= 0.3 is 0 Å². The van der Waals surface area contributed by atoms with E-state index in [1.165, 1.54) is 23.3 Å². The van der Waals surface area contributed by atoms with Crippen LogP contribution in [-0.4, -0.2) is 34.2 Å². The number of aryl methyl sites for hydroxylation is 2. The van der Waals surface area contributed by atoms with Gasteiger partial charge in [0, 0.05) is 38.2 Å². The highest BCUT2D eigenvalue weighted by molar-refractivity contribution is 5.65. The Bertz CT molecular complexity index is 1320. The Kier molecular flexibility index (Phi) is 8.01. The van der Waals surface area contributed by atoms with Crippen molar-refractivity contribution in [1.29, 1.82) is 0 Å². The first kappa shape index (κ1) is 25.9. The first-order chi connectivity index (χ1) is 18.5. The average molecular weight is 517 g/mol. The van der Waals surface area contributed by atoms with Crippen molar-refractivity contribution in [1.82, 2.24) is 14.5 Å². The lowest BCUT2D eigenvalue weighted by atomic mass is 9.97. The van der Waals surface area contributed by atoms with Gasteiger partial charge in [-0.1, -0.05) is 44.2 Å². The molecule has 1 aliphatic heterocycles. The molecule has 5 nitrogen and oxygen atoms in total. The Labute approximate surface area is 223 Å². The highest BCUT2D eigenvalue weighted by Crippen LogP contribution is 2.31. The van der Waals surface area contributed by atoms with Gasteiger partial charge in [-0.25, -0.2) is 18.7 Å². The van der Waals surface area contributed by atoms with E-state index >= 15 is 0 Å². The summed E-state index contributed by atoms with van der Waals surface area (Å²) in [6.45, 7) is 7.01. The Morgan fingerprint density at radius 3 is 2.29 bits per heavy atom. The summed E-state index contributed by atoms with van der Waals surface area (Å²) in [5.74, 6) is -0.335. The lowest BCUT2D eigenvalue weighted by molar-refractivity contribution is 0.207. The lowest BCUT2D eigenvalue weighted by Crippen LogP contribution is -2.36. The number of aromatic nitrogens is 3. The molecule has 0 atom stereocenters. The van der Waals surface area contributed by atoms with Crippen LogP contribution in [0, 0.1) is 17.6 Å². The van der Waals surface area contributed by atoms with Crippen molar-refractivity contribution in [3.8, 4) is 16.9 Å². The highest BCUT2D eigenvalue weighted by Gasteiger charge is 2.23. The van der Waals surface area contributed by atoms with E-state index in [2.05, 4.69) is 29.8 Å². The van der Waals surface area contributed by atoms with E-state index in [-0.39, 0.29) is 11.7 Å². The maximum absolute atomic E-state index is 14.9. The molecular formula is C31H34F2N4O. The number of nitrogens with zero attached hydrogens (tertiary/aromatic N) is 4. The van der Waals surface area contributed by atoms with Gasteiger partial charge in [-0.05, 0) is 71.6 Å². The molecular weight excluding hydrogens is 482 g/mol. The number of piperidine rings is 1. The monoisotopic (exact) mass is 516 g/mol. The predicted molar refractivity (Wildman–Crippen MR) is 147 cm³/mol. The number of hydrogen-bond acceptors (Lipinski definition) is 4. The molecule has 0 aliphatic carbocycles. The Balaban J connectivity index is 1.18. The maximum Gasteiger partial charge on any atom is 0.190 e. The zero-order valence-corrected chi connectivity index (χ0v) is 22.0. The van der Waals surface area contributed by atoms with E-state index < -0.39 is 11.6 Å². The standard InChI is InChI=1S/C31H34F2N4O/c1-3-22-15-25(4-2)31(35-18-22)37-12-9-24(10-13-37)20-38-30-28(32)16-27(17-29(30)33)26-7-5-23(6-8-26)19-36-14-11-34-21-36/h5-8,11,14-18,21,24H,3-4,9-10,12-13,19-20H2,1-2H3. The fourth-order valence-electron chi connectivity index (χ4n) is 5.06. The molecule has 2 aromatic heterocycles. The third-order valence-corrected chi connectivity index (χ3v) is 7.38. The van der Waals surface area contributed by atoms with Gasteiger partial charge in [-0.3, -0.25) is 0 Å². The third kappa shape index (κ3) is 5.87. The summed E-state index contributed by atoms with van der Waals surface area (Å²) in [5.41, 5.74) is 4.85. The van der Waals surface area contributed by atoms with E-state index in [4.69, 9.17) is 9.72 Å². The molecule has 38 heavy (non-hydrogen) atoms. The van der Waals surface area contributed by atoms with Crippen LogP contribution in [0.3, 0.4) is 0 Å². The molecule has 2 aromatic carbocycles. The summed E-state index contributed by atoms with van der Waals surface area (Å²) >= 11 is 0. The maximum atomic E-state index is 14.9. The minimum Gasteiger partial charge on any atom is -0.487 e. The SMILES string of the molecule is CCc1cnc(N2CCC(COc3c(F)cc(-c4ccc(Cn5ccnc5)cc4)cc3F)CC2)c(CC)c1. The van der Waals surface area contributed by atoms with Crippen molar-refractivity contribution < 1.29 is 13.5 Å². The van der Waals surface area contributed by atoms with Gasteiger partial charge in [0.05, 0.1) is 12.9 Å². The summed E-state index contributed by atoms with van der Waals surface area (Å²) in [5, 5.41) is 0. The Hall–Kier alpha value is -3.74. The van der Waals surface area contributed by atoms with Crippen LogP contribution in [0.4, 0.5) is 14.6 Å². The van der Waals surface area contributed by atoms with Crippen molar-refractivity contribution in [2.75, 3.05) is 24.6 Å². The molecule has 4 aromatic rings. The topological polar surface area (TPSA) is 43.2 Å². The molecule has 5 rings (SSSR count). The number of rotatable bonds is 9. The first-order valence-corrected chi connectivity index (χ1v) is 13.4. The van der Waals surface area contributed by atoms with Crippen LogP contribution in [0.1, 0.15) is 43.4 Å². The largest absolute Gasteiger partial charge is 0.487 e. The molecule has 0 bridgehead atoms. The van der Waals surface area contributed by atoms with E-state index in [9.17, 15) is 8.78 Å². The van der Waals surface area contributed by atoms with Crippen molar-refractivity contribution in [2.45, 2.75) is 46.1 Å². The third-order valence-electron chi connectivity index (χ3n) is 7.38. The fourth-order valence-corrected chi connectivity index (χ4v) is 5.06. The van der Waals surface area contributed by atoms with Gasteiger partial charge in [0.2, 0.25) is 0 Å². The highest BCUT2D eigenvalue weighted by atomic mass is 19.1. The van der Waals surface area contributed by atoms with Gasteiger partial charge in [0.15, 0.2) is 17.4 Å². The second-order valence-electron chi connectivity index (χ2n) is 9.98. The summed E-state index contributed by atoms with van der Waals surface area (Å²) < 4.78 is 37.5. The Morgan fingerprint density at radius 2 is 1.66 bits per heavy atom. The van der Waals surface area contributed by atoms with E-state index in [1.54, 1.807) is 12.5 Å². The van der Waals surface area contributed by atoms with Crippen molar-refractivity contribution in [3.63, 3.8) is 0 Å². The lowest BCUT2D eigenvalue weighted by Gasteiger charge is -2.34. The van der Waals surface area contributed by atoms with Crippen molar-refractivity contribution >= 4 is 5.82 Å². The molecule has 198 valence electrons. The van der Waals surface area contributed by atoms with E-state index in [0.29, 0.717) is 18.7 Å². The quantitative estimate of drug-likeness (QED) is 0.249. The predicted octanol–water partition coefficient (Wildman–Crippen LogP) is 6.69. The molecule has 1 saturated heterocycles. The second kappa shape index (κ2) is 11.8. The summed E-state index contributed by atoms with van der Waals surface area (Å²) in [4.78, 5) is 11.1. The summed E-state index contributed by atoms with van der Waals surface area (Å²) in [7, 11) is 0. The Morgan fingerprint density at radius 1 is 0.921 bits per heavy atom. The number of halogens is 2. The molecule has 0 saturated carbocycles. The number of pyridine rings is 1. The molecule has 1 fully saturated rings. The van der Waals surface area contributed by atoms with Gasteiger partial charge in [-0.15, -0.1) is 0 Å². The van der Waals surface area contributed by atoms with Crippen LogP contribution >= 0.6 is 0 Å². The van der Waals surface area contributed by atoms with Crippen LogP contribution in [0.25, 0.3) is 11.1 Å². The van der Waals surface area contributed by atoms with Crippen LogP contribution in [0.5, 0.6) is 5.75 Å². The van der Waals surface area contributed by atoms with Crippen molar-refractivity contribution in [2.24, 2.45) is 5.92 Å². The zero-order valence-electron chi connectivity index (χ0n) is 22.0. The number of hydrogen-bond donors (Lipinski definition) is 0.